The number of nitrogens with one attached hydrogen (secondary N) is 1. The largest absolute Gasteiger partial charge is 0.493 e. The second-order valence-electron chi connectivity index (χ2n) is 7.01. The third-order valence-electron chi connectivity index (χ3n) is 5.21. The van der Waals surface area contributed by atoms with Gasteiger partial charge in [0.1, 0.15) is 18.5 Å². The van der Waals surface area contributed by atoms with Crippen molar-refractivity contribution in [1.29, 1.82) is 0 Å². The minimum Gasteiger partial charge on any atom is -0.493 e. The monoisotopic (exact) mass is 393 g/mol. The van der Waals surface area contributed by atoms with Crippen LogP contribution in [0.5, 0.6) is 11.5 Å². The maximum Gasteiger partial charge on any atom is 0.257 e. The third kappa shape index (κ3) is 3.40. The standard InChI is InChI=1S/C22H23N3O4/c1-13-17(14(2)29-24-13)12-28-19-10-9-15(11-20(19)27-4)21-23-18-8-6-5-7-16(18)22(26)25(21)3/h5-11,21,23H,12H2,1-4H3/t21-/m1/s1. The molecule has 1 aliphatic rings. The number of para-hydroxylation sites is 1. The van der Waals surface area contributed by atoms with E-state index in [2.05, 4.69) is 10.5 Å². The van der Waals surface area contributed by atoms with Crippen LogP contribution in [0.4, 0.5) is 5.69 Å². The van der Waals surface area contributed by atoms with Crippen molar-refractivity contribution in [3.63, 3.8) is 0 Å². The molecule has 7 nitrogen and oxygen atoms in total. The van der Waals surface area contributed by atoms with Gasteiger partial charge in [-0.2, -0.15) is 0 Å². The first-order valence-corrected chi connectivity index (χ1v) is 9.34. The molecule has 1 aromatic heterocycles. The van der Waals surface area contributed by atoms with Crippen LogP contribution in [0.1, 0.15) is 39.1 Å². The lowest BCUT2D eigenvalue weighted by Gasteiger charge is -2.35. The molecule has 0 saturated carbocycles. The quantitative estimate of drug-likeness (QED) is 0.704. The average Bonchev–Trinajstić information content (AvgIpc) is 3.06. The van der Waals surface area contributed by atoms with Crippen LogP contribution in [0.25, 0.3) is 0 Å². The van der Waals surface area contributed by atoms with Gasteiger partial charge in [0, 0.05) is 12.7 Å². The molecule has 3 aromatic rings. The van der Waals surface area contributed by atoms with Crippen LogP contribution in [-0.4, -0.2) is 30.1 Å². The maximum absolute atomic E-state index is 12.7. The number of hydrogen-bond donors (Lipinski definition) is 1. The van der Waals surface area contributed by atoms with Gasteiger partial charge >= 0.3 is 0 Å². The van der Waals surface area contributed by atoms with Crippen LogP contribution in [0.3, 0.4) is 0 Å². The highest BCUT2D eigenvalue weighted by atomic mass is 16.5. The van der Waals surface area contributed by atoms with E-state index in [0.717, 1.165) is 28.3 Å². The Morgan fingerprint density at radius 2 is 1.97 bits per heavy atom. The number of methoxy groups -OCH3 is 1. The number of carbonyl (C=O) groups is 1. The SMILES string of the molecule is COc1cc([C@@H]2Nc3ccccc3C(=O)N2C)ccc1OCc1c(C)noc1C. The molecule has 7 heteroatoms. The zero-order valence-corrected chi connectivity index (χ0v) is 16.9. The van der Waals surface area contributed by atoms with Gasteiger partial charge in [0.05, 0.1) is 23.9 Å². The second-order valence-corrected chi connectivity index (χ2v) is 7.01. The number of amides is 1. The van der Waals surface area contributed by atoms with Gasteiger partial charge < -0.3 is 24.2 Å². The second kappa shape index (κ2) is 7.50. The van der Waals surface area contributed by atoms with Crippen molar-refractivity contribution in [3.05, 3.63) is 70.6 Å². The van der Waals surface area contributed by atoms with Crippen LogP contribution < -0.4 is 14.8 Å². The summed E-state index contributed by atoms with van der Waals surface area (Å²) < 4.78 is 16.7. The van der Waals surface area contributed by atoms with Crippen molar-refractivity contribution in [2.24, 2.45) is 0 Å². The van der Waals surface area contributed by atoms with Crippen molar-refractivity contribution in [2.45, 2.75) is 26.6 Å². The average molecular weight is 393 g/mol. The van der Waals surface area contributed by atoms with Crippen molar-refractivity contribution < 1.29 is 18.8 Å². The minimum absolute atomic E-state index is 0.0259. The van der Waals surface area contributed by atoms with Crippen molar-refractivity contribution in [3.8, 4) is 11.5 Å². The zero-order chi connectivity index (χ0) is 20.5. The smallest absolute Gasteiger partial charge is 0.257 e. The van der Waals surface area contributed by atoms with Gasteiger partial charge in [-0.3, -0.25) is 4.79 Å². The van der Waals surface area contributed by atoms with Crippen molar-refractivity contribution >= 4 is 11.6 Å². The normalized spacial score (nSPS) is 15.7. The van der Waals surface area contributed by atoms with E-state index >= 15 is 0 Å². The predicted molar refractivity (Wildman–Crippen MR) is 108 cm³/mol. The van der Waals surface area contributed by atoms with E-state index in [1.807, 2.05) is 56.3 Å². The Morgan fingerprint density at radius 1 is 1.17 bits per heavy atom. The molecule has 0 spiro atoms. The van der Waals surface area contributed by atoms with E-state index in [-0.39, 0.29) is 12.1 Å². The van der Waals surface area contributed by atoms with Crippen LogP contribution >= 0.6 is 0 Å². The number of fused-ring (bicyclic) bond motifs is 1. The molecule has 2 aromatic carbocycles. The lowest BCUT2D eigenvalue weighted by molar-refractivity contribution is 0.0735. The van der Waals surface area contributed by atoms with Crippen LogP contribution in [0, 0.1) is 13.8 Å². The molecule has 1 amide bonds. The maximum atomic E-state index is 12.7. The number of anilines is 1. The number of ether oxygens (including phenoxy) is 2. The summed E-state index contributed by atoms with van der Waals surface area (Å²) in [6.45, 7) is 4.08. The molecule has 0 bridgehead atoms. The van der Waals surface area contributed by atoms with E-state index in [1.54, 1.807) is 19.1 Å². The van der Waals surface area contributed by atoms with E-state index in [9.17, 15) is 4.79 Å². The van der Waals surface area contributed by atoms with Crippen LogP contribution in [0.2, 0.25) is 0 Å². The number of nitrogens with zero attached hydrogens (tertiary/aromatic N) is 2. The molecule has 1 N–H and O–H groups in total. The summed E-state index contributed by atoms with van der Waals surface area (Å²) in [6.07, 6.45) is -0.303. The summed E-state index contributed by atoms with van der Waals surface area (Å²) in [6, 6.07) is 13.2. The van der Waals surface area contributed by atoms with Gasteiger partial charge in [0.2, 0.25) is 0 Å². The fourth-order valence-corrected chi connectivity index (χ4v) is 3.49. The van der Waals surface area contributed by atoms with Gasteiger partial charge in [0.15, 0.2) is 11.5 Å². The molecule has 0 aliphatic carbocycles. The van der Waals surface area contributed by atoms with E-state index < -0.39 is 0 Å². The fraction of sp³-hybridized carbons (Fsp3) is 0.273. The number of benzene rings is 2. The van der Waals surface area contributed by atoms with Gasteiger partial charge in [-0.05, 0) is 43.7 Å². The summed E-state index contributed by atoms with van der Waals surface area (Å²) in [5.41, 5.74) is 4.11. The van der Waals surface area contributed by atoms with Gasteiger partial charge in [0.25, 0.3) is 5.91 Å². The predicted octanol–water partition coefficient (Wildman–Crippen LogP) is 4.08. The summed E-state index contributed by atoms with van der Waals surface area (Å²) in [4.78, 5) is 14.4. The first kappa shape index (κ1) is 18.9. The lowest BCUT2D eigenvalue weighted by Crippen LogP contribution is -2.40. The molecule has 0 saturated heterocycles. The Kier molecular flexibility index (Phi) is 4.88. The molecule has 2 heterocycles. The van der Waals surface area contributed by atoms with Gasteiger partial charge in [-0.15, -0.1) is 0 Å². The van der Waals surface area contributed by atoms with E-state index in [0.29, 0.717) is 23.7 Å². The molecule has 1 aliphatic heterocycles. The Morgan fingerprint density at radius 3 is 2.69 bits per heavy atom. The Balaban J connectivity index is 1.59. The molecule has 150 valence electrons. The Labute approximate surface area is 169 Å². The molecule has 0 unspecified atom stereocenters. The van der Waals surface area contributed by atoms with E-state index in [1.165, 1.54) is 0 Å². The van der Waals surface area contributed by atoms with Gasteiger partial charge in [-0.1, -0.05) is 23.4 Å². The van der Waals surface area contributed by atoms with Crippen LogP contribution in [0.15, 0.2) is 47.0 Å². The Hall–Kier alpha value is -3.48. The molecule has 4 rings (SSSR count). The summed E-state index contributed by atoms with van der Waals surface area (Å²) in [7, 11) is 3.38. The molecule has 29 heavy (non-hydrogen) atoms. The highest BCUT2D eigenvalue weighted by molar-refractivity contribution is 6.01. The molecule has 0 fully saturated rings. The molecular weight excluding hydrogens is 370 g/mol. The van der Waals surface area contributed by atoms with Crippen LogP contribution in [-0.2, 0) is 6.61 Å². The van der Waals surface area contributed by atoms with Crippen molar-refractivity contribution in [2.75, 3.05) is 19.5 Å². The zero-order valence-electron chi connectivity index (χ0n) is 16.9. The van der Waals surface area contributed by atoms with E-state index in [4.69, 9.17) is 14.0 Å². The number of aryl methyl sites for hydroxylation is 2. The Bertz CT molecular complexity index is 1040. The first-order valence-electron chi connectivity index (χ1n) is 9.34. The highest BCUT2D eigenvalue weighted by Gasteiger charge is 2.30. The summed E-state index contributed by atoms with van der Waals surface area (Å²) >= 11 is 0. The number of carbonyl (C=O) groups excluding carboxylic acids is 1. The van der Waals surface area contributed by atoms with Gasteiger partial charge in [-0.25, -0.2) is 0 Å². The third-order valence-corrected chi connectivity index (χ3v) is 5.21. The number of hydrogen-bond acceptors (Lipinski definition) is 6. The minimum atomic E-state index is -0.303. The highest BCUT2D eigenvalue weighted by Crippen LogP contribution is 2.36. The number of rotatable bonds is 5. The van der Waals surface area contributed by atoms with Crippen molar-refractivity contribution in [1.82, 2.24) is 10.1 Å². The molecular formula is C22H23N3O4. The fourth-order valence-electron chi connectivity index (χ4n) is 3.49. The first-order chi connectivity index (χ1) is 14.0. The number of aromatic nitrogens is 1. The summed E-state index contributed by atoms with van der Waals surface area (Å²) in [5.74, 6) is 1.92. The topological polar surface area (TPSA) is 76.8 Å². The molecule has 1 atom stereocenters. The molecule has 0 radical (unpaired) electrons. The lowest BCUT2D eigenvalue weighted by atomic mass is 10.0. The summed E-state index contributed by atoms with van der Waals surface area (Å²) in [5, 5.41) is 7.37.